The van der Waals surface area contributed by atoms with E-state index in [1.54, 1.807) is 37.7 Å². The first kappa shape index (κ1) is 31.2. The lowest BCUT2D eigenvalue weighted by Crippen LogP contribution is -2.57. The predicted molar refractivity (Wildman–Crippen MR) is 165 cm³/mol. The number of carbonyl (C=O) groups is 1. The molecule has 14 heteroatoms. The first-order valence-electron chi connectivity index (χ1n) is 14.2. The van der Waals surface area contributed by atoms with Crippen molar-refractivity contribution in [3.8, 4) is 5.75 Å². The highest BCUT2D eigenvalue weighted by atomic mass is 35.5. The van der Waals surface area contributed by atoms with E-state index in [-0.39, 0.29) is 36.8 Å². The third-order valence-electron chi connectivity index (χ3n) is 7.87. The van der Waals surface area contributed by atoms with Crippen molar-refractivity contribution in [3.63, 3.8) is 0 Å². The SMILES string of the molecule is COC(COP(NC1(C(=O)OC2CCCC2)CCC1)Oc1ccc(Cl)cc1)CC(C)n1cnc2c(SC)nc(N)nc21. The van der Waals surface area contributed by atoms with Crippen molar-refractivity contribution in [2.45, 2.75) is 87.1 Å². The molecule has 5 rings (SSSR count). The fraction of sp³-hybridized carbons (Fsp3) is 0.571. The molecule has 2 fully saturated rings. The van der Waals surface area contributed by atoms with Crippen LogP contribution in [0.5, 0.6) is 5.75 Å². The second-order valence-electron chi connectivity index (χ2n) is 10.8. The molecule has 0 saturated heterocycles. The summed E-state index contributed by atoms with van der Waals surface area (Å²) >= 11 is 7.57. The van der Waals surface area contributed by atoms with Crippen molar-refractivity contribution in [3.05, 3.63) is 35.6 Å². The van der Waals surface area contributed by atoms with Crippen molar-refractivity contribution in [2.24, 2.45) is 0 Å². The van der Waals surface area contributed by atoms with Gasteiger partial charge < -0.3 is 28.8 Å². The Labute approximate surface area is 256 Å². The largest absolute Gasteiger partial charge is 0.461 e. The number of thioether (sulfide) groups is 1. The van der Waals surface area contributed by atoms with Gasteiger partial charge in [0.25, 0.3) is 0 Å². The molecule has 3 aromatic rings. The maximum Gasteiger partial charge on any atom is 0.327 e. The number of nitrogens with one attached hydrogen (secondary N) is 1. The Morgan fingerprint density at radius 3 is 2.62 bits per heavy atom. The van der Waals surface area contributed by atoms with Crippen molar-refractivity contribution >= 4 is 55.0 Å². The lowest BCUT2D eigenvalue weighted by Gasteiger charge is -2.41. The van der Waals surface area contributed by atoms with Crippen LogP contribution in [0.4, 0.5) is 5.95 Å². The van der Waals surface area contributed by atoms with Crippen LogP contribution in [0.3, 0.4) is 0 Å². The zero-order valence-corrected chi connectivity index (χ0v) is 26.6. The zero-order chi connectivity index (χ0) is 29.7. The van der Waals surface area contributed by atoms with Gasteiger partial charge in [0.2, 0.25) is 5.95 Å². The number of hydrogen-bond acceptors (Lipinski definition) is 11. The number of nitrogens with zero attached hydrogens (tertiary/aromatic N) is 4. The van der Waals surface area contributed by atoms with E-state index in [0.29, 0.717) is 41.2 Å². The molecule has 3 N–H and O–H groups in total. The molecular formula is C28H38ClN6O5PS. The number of methoxy groups -OCH3 is 1. The van der Waals surface area contributed by atoms with Gasteiger partial charge in [0.1, 0.15) is 27.9 Å². The van der Waals surface area contributed by atoms with E-state index in [9.17, 15) is 4.79 Å². The van der Waals surface area contributed by atoms with Gasteiger partial charge in [-0.25, -0.2) is 15.1 Å². The highest BCUT2D eigenvalue weighted by Gasteiger charge is 2.49. The summed E-state index contributed by atoms with van der Waals surface area (Å²) in [5.74, 6) is 0.580. The van der Waals surface area contributed by atoms with Crippen LogP contribution in [0.25, 0.3) is 11.2 Å². The number of nitrogens with two attached hydrogens (primary N) is 1. The zero-order valence-electron chi connectivity index (χ0n) is 24.1. The van der Waals surface area contributed by atoms with E-state index < -0.39 is 14.1 Å². The van der Waals surface area contributed by atoms with Crippen molar-refractivity contribution in [1.29, 1.82) is 0 Å². The first-order chi connectivity index (χ1) is 20.3. The molecule has 42 heavy (non-hydrogen) atoms. The summed E-state index contributed by atoms with van der Waals surface area (Å²) in [6.45, 7) is 2.30. The van der Waals surface area contributed by atoms with Gasteiger partial charge in [-0.15, -0.1) is 11.8 Å². The van der Waals surface area contributed by atoms with Crippen LogP contribution >= 0.6 is 31.9 Å². The number of nitrogen functional groups attached to an aromatic ring is 1. The van der Waals surface area contributed by atoms with Gasteiger partial charge in [0.05, 0.1) is 19.0 Å². The highest BCUT2D eigenvalue weighted by molar-refractivity contribution is 7.98. The third-order valence-corrected chi connectivity index (χ3v) is 10.2. The maximum atomic E-state index is 13.3. The van der Waals surface area contributed by atoms with E-state index >= 15 is 0 Å². The molecule has 0 amide bonds. The molecule has 2 aromatic heterocycles. The fourth-order valence-corrected chi connectivity index (χ4v) is 7.35. The summed E-state index contributed by atoms with van der Waals surface area (Å²) < 4.78 is 26.3. The Balaban J connectivity index is 1.28. The molecule has 2 aliphatic carbocycles. The molecule has 0 spiro atoms. The number of fused-ring (bicyclic) bond motifs is 1. The van der Waals surface area contributed by atoms with E-state index in [4.69, 9.17) is 35.9 Å². The van der Waals surface area contributed by atoms with Crippen LogP contribution in [0.15, 0.2) is 35.6 Å². The Morgan fingerprint density at radius 1 is 1.24 bits per heavy atom. The van der Waals surface area contributed by atoms with Gasteiger partial charge in [-0.2, -0.15) is 4.98 Å². The van der Waals surface area contributed by atoms with Gasteiger partial charge in [-0.3, -0.25) is 4.79 Å². The Kier molecular flexibility index (Phi) is 10.4. The number of imidazole rings is 1. The fourth-order valence-electron chi connectivity index (χ4n) is 5.26. The molecule has 0 radical (unpaired) electrons. The topological polar surface area (TPSA) is 136 Å². The van der Waals surface area contributed by atoms with E-state index in [1.165, 1.54) is 11.8 Å². The summed E-state index contributed by atoms with van der Waals surface area (Å²) in [7, 11) is -0.0662. The average molecular weight is 637 g/mol. The van der Waals surface area contributed by atoms with Crippen LogP contribution in [0, 0.1) is 0 Å². The molecule has 2 saturated carbocycles. The average Bonchev–Trinajstić information content (AvgIpc) is 3.63. The molecule has 3 unspecified atom stereocenters. The van der Waals surface area contributed by atoms with Gasteiger partial charge in [0.15, 0.2) is 5.65 Å². The minimum absolute atomic E-state index is 0.00709. The minimum Gasteiger partial charge on any atom is -0.461 e. The monoisotopic (exact) mass is 636 g/mol. The van der Waals surface area contributed by atoms with Gasteiger partial charge in [0, 0.05) is 18.2 Å². The lowest BCUT2D eigenvalue weighted by molar-refractivity contribution is -0.160. The van der Waals surface area contributed by atoms with Crippen LogP contribution in [0.1, 0.15) is 64.3 Å². The number of rotatable bonds is 14. The van der Waals surface area contributed by atoms with Crippen LogP contribution in [0.2, 0.25) is 5.02 Å². The second-order valence-corrected chi connectivity index (χ2v) is 13.2. The highest BCUT2D eigenvalue weighted by Crippen LogP contribution is 2.45. The smallest absolute Gasteiger partial charge is 0.327 e. The number of esters is 1. The molecule has 0 aliphatic heterocycles. The molecule has 11 nitrogen and oxygen atoms in total. The summed E-state index contributed by atoms with van der Waals surface area (Å²) in [5, 5.41) is 4.76. The number of benzene rings is 1. The van der Waals surface area contributed by atoms with E-state index in [1.807, 2.05) is 10.8 Å². The van der Waals surface area contributed by atoms with E-state index in [2.05, 4.69) is 27.0 Å². The van der Waals surface area contributed by atoms with Gasteiger partial charge >= 0.3 is 14.5 Å². The summed E-state index contributed by atoms with van der Waals surface area (Å²) in [5.41, 5.74) is 6.54. The normalized spacial score (nSPS) is 18.9. The number of aromatic nitrogens is 4. The maximum absolute atomic E-state index is 13.3. The molecule has 228 valence electrons. The van der Waals surface area contributed by atoms with Gasteiger partial charge in [-0.05, 0) is 88.8 Å². The Hall–Kier alpha value is -2.21. The summed E-state index contributed by atoms with van der Waals surface area (Å²) in [6, 6.07) is 7.05. The number of anilines is 1. The Bertz CT molecular complexity index is 1350. The van der Waals surface area contributed by atoms with Crippen molar-refractivity contribution in [2.75, 3.05) is 25.7 Å². The quantitative estimate of drug-likeness (QED) is 0.0923. The number of ether oxygens (including phenoxy) is 2. The molecular weight excluding hydrogens is 599 g/mol. The van der Waals surface area contributed by atoms with Crippen LogP contribution < -0.4 is 15.3 Å². The molecule has 2 aliphatic rings. The van der Waals surface area contributed by atoms with Crippen molar-refractivity contribution in [1.82, 2.24) is 24.6 Å². The minimum atomic E-state index is -1.72. The standard InChI is InChI=1S/C28H38ClN6O5PS/c1-18(35-17-31-23-24(35)32-27(30)33-25(23)42-3)15-22(37-2)16-38-41(40-21-11-9-19(29)10-12-21)34-28(13-6-14-28)26(36)39-20-7-4-5-8-20/h9-12,17-18,20,22,34H,4-8,13-16H2,1-3H3,(H2,30,32,33). The molecule has 0 bridgehead atoms. The first-order valence-corrected chi connectivity index (χ1v) is 17.0. The van der Waals surface area contributed by atoms with Crippen molar-refractivity contribution < 1.29 is 23.3 Å². The second kappa shape index (κ2) is 14.1. The number of carbonyl (C=O) groups excluding carboxylic acids is 1. The van der Waals surface area contributed by atoms with Gasteiger partial charge in [-0.1, -0.05) is 11.6 Å². The van der Waals surface area contributed by atoms with Crippen LogP contribution in [-0.2, 0) is 18.8 Å². The molecule has 1 aromatic carbocycles. The lowest BCUT2D eigenvalue weighted by atomic mass is 9.78. The molecule has 3 atom stereocenters. The molecule has 2 heterocycles. The van der Waals surface area contributed by atoms with E-state index in [0.717, 1.165) is 37.1 Å². The number of hydrogen-bond donors (Lipinski definition) is 2. The summed E-state index contributed by atoms with van der Waals surface area (Å²) in [6.07, 6.45) is 10.3. The third kappa shape index (κ3) is 7.29. The number of halogens is 1. The summed E-state index contributed by atoms with van der Waals surface area (Å²) in [4.78, 5) is 26.6. The van der Waals surface area contributed by atoms with Crippen LogP contribution in [-0.4, -0.2) is 63.2 Å². The predicted octanol–water partition coefficient (Wildman–Crippen LogP) is 6.07. The Morgan fingerprint density at radius 2 is 1.98 bits per heavy atom.